The lowest BCUT2D eigenvalue weighted by Crippen LogP contribution is -2.51. The molecule has 338 valence electrons. The molecule has 0 spiro atoms. The smallest absolute Gasteiger partial charge is 0.326 e. The number of aliphatic carboxylic acids is 2. The first kappa shape index (κ1) is 48.8. The monoisotopic (exact) mass is 861 g/mol. The van der Waals surface area contributed by atoms with Crippen LogP contribution in [0.3, 0.4) is 0 Å². The molecule has 2 aliphatic rings. The van der Waals surface area contributed by atoms with Gasteiger partial charge in [-0.15, -0.1) is 0 Å². The SMILES string of the molecule is CCCCCCCCCC(=O)NCCNCC1(C(=O)NC(/C=C/CN2C(=O)c3cccc4c(N(C)C)ccc(c34)C2=O)C(=O)NCC[C@@H](NC(=O)CCCC(=O)O)C(=O)O)CC1. The van der Waals surface area contributed by atoms with Crippen molar-refractivity contribution in [3.8, 4) is 0 Å². The van der Waals surface area contributed by atoms with Crippen molar-refractivity contribution in [3.05, 3.63) is 53.6 Å². The van der Waals surface area contributed by atoms with E-state index in [1.54, 1.807) is 18.2 Å². The van der Waals surface area contributed by atoms with Crippen LogP contribution < -0.4 is 31.5 Å². The Balaban J connectivity index is 1.38. The van der Waals surface area contributed by atoms with Crippen molar-refractivity contribution in [1.82, 2.24) is 31.5 Å². The number of nitrogens with zero attached hydrogens (tertiary/aromatic N) is 2. The molecule has 6 amide bonds. The van der Waals surface area contributed by atoms with E-state index in [0.29, 0.717) is 55.4 Å². The second-order valence-electron chi connectivity index (χ2n) is 16.3. The number of rotatable bonds is 29. The minimum absolute atomic E-state index is 0.0136. The highest BCUT2D eigenvalue weighted by molar-refractivity contribution is 6.26. The van der Waals surface area contributed by atoms with Gasteiger partial charge in [-0.3, -0.25) is 38.5 Å². The molecule has 1 heterocycles. The van der Waals surface area contributed by atoms with Gasteiger partial charge in [0.1, 0.15) is 12.1 Å². The van der Waals surface area contributed by atoms with Crippen LogP contribution in [0.1, 0.15) is 118 Å². The number of carboxylic acid groups (broad SMARTS) is 2. The number of hydrogen-bond donors (Lipinski definition) is 7. The summed E-state index contributed by atoms with van der Waals surface area (Å²) in [4.78, 5) is 105. The molecule has 17 nitrogen and oxygen atoms in total. The molecule has 1 aliphatic carbocycles. The van der Waals surface area contributed by atoms with Gasteiger partial charge in [0.2, 0.25) is 23.6 Å². The molecule has 1 fully saturated rings. The first-order valence-electron chi connectivity index (χ1n) is 21.7. The van der Waals surface area contributed by atoms with E-state index >= 15 is 0 Å². The molecular weight excluding hydrogens is 799 g/mol. The lowest BCUT2D eigenvalue weighted by Gasteiger charge is -2.28. The van der Waals surface area contributed by atoms with E-state index in [2.05, 4.69) is 33.5 Å². The van der Waals surface area contributed by atoms with E-state index < -0.39 is 59.0 Å². The maximum atomic E-state index is 13.7. The summed E-state index contributed by atoms with van der Waals surface area (Å²) in [6.45, 7) is 2.89. The van der Waals surface area contributed by atoms with Crippen LogP contribution in [0.2, 0.25) is 0 Å². The van der Waals surface area contributed by atoms with Crippen molar-refractivity contribution in [3.63, 3.8) is 0 Å². The van der Waals surface area contributed by atoms with Gasteiger partial charge in [0.15, 0.2) is 0 Å². The Labute approximate surface area is 362 Å². The minimum Gasteiger partial charge on any atom is -0.481 e. The molecule has 17 heteroatoms. The normalized spacial score (nSPS) is 14.9. The highest BCUT2D eigenvalue weighted by atomic mass is 16.4. The number of anilines is 1. The molecular formula is C45H63N7O10. The summed E-state index contributed by atoms with van der Waals surface area (Å²) in [7, 11) is 3.74. The highest BCUT2D eigenvalue weighted by Gasteiger charge is 2.50. The van der Waals surface area contributed by atoms with Crippen molar-refractivity contribution in [2.75, 3.05) is 51.7 Å². The number of carboxylic acids is 2. The van der Waals surface area contributed by atoms with Gasteiger partial charge in [0, 0.05) is 93.7 Å². The Hall–Kier alpha value is -5.84. The third-order valence-corrected chi connectivity index (χ3v) is 11.2. The molecule has 1 unspecified atom stereocenters. The van der Waals surface area contributed by atoms with E-state index in [-0.39, 0.29) is 44.7 Å². The minimum atomic E-state index is -1.38. The average Bonchev–Trinajstić information content (AvgIpc) is 4.03. The third-order valence-electron chi connectivity index (χ3n) is 11.2. The quantitative estimate of drug-likeness (QED) is 0.0353. The van der Waals surface area contributed by atoms with Crippen molar-refractivity contribution in [1.29, 1.82) is 0 Å². The van der Waals surface area contributed by atoms with Gasteiger partial charge >= 0.3 is 11.9 Å². The van der Waals surface area contributed by atoms with Crippen LogP contribution in [0, 0.1) is 5.41 Å². The predicted octanol–water partition coefficient (Wildman–Crippen LogP) is 3.50. The van der Waals surface area contributed by atoms with Gasteiger partial charge in [0.25, 0.3) is 11.8 Å². The van der Waals surface area contributed by atoms with Crippen LogP contribution in [-0.2, 0) is 28.8 Å². The Morgan fingerprint density at radius 1 is 0.790 bits per heavy atom. The van der Waals surface area contributed by atoms with Crippen molar-refractivity contribution < 1.29 is 48.6 Å². The van der Waals surface area contributed by atoms with Gasteiger partial charge in [-0.2, -0.15) is 0 Å². The van der Waals surface area contributed by atoms with E-state index in [1.165, 1.54) is 37.8 Å². The van der Waals surface area contributed by atoms with Crippen LogP contribution in [0.15, 0.2) is 42.5 Å². The summed E-state index contributed by atoms with van der Waals surface area (Å²) in [6, 6.07) is 6.10. The molecule has 2 aromatic carbocycles. The summed E-state index contributed by atoms with van der Waals surface area (Å²) >= 11 is 0. The van der Waals surface area contributed by atoms with Crippen LogP contribution >= 0.6 is 0 Å². The second-order valence-corrected chi connectivity index (χ2v) is 16.3. The Kier molecular flexibility index (Phi) is 18.9. The maximum absolute atomic E-state index is 13.7. The summed E-state index contributed by atoms with van der Waals surface area (Å²) < 4.78 is 0. The fraction of sp³-hybridized carbons (Fsp3) is 0.556. The summed E-state index contributed by atoms with van der Waals surface area (Å²) in [5, 5.41) is 33.7. The molecule has 0 bridgehead atoms. The van der Waals surface area contributed by atoms with E-state index in [0.717, 1.165) is 35.2 Å². The number of imide groups is 1. The first-order valence-corrected chi connectivity index (χ1v) is 21.7. The average molecular weight is 862 g/mol. The van der Waals surface area contributed by atoms with Crippen molar-refractivity contribution >= 4 is 63.8 Å². The van der Waals surface area contributed by atoms with Crippen LogP contribution in [0.4, 0.5) is 5.69 Å². The standard InChI is InChI=1S/C45H63N7O10/c1-4-5-6-7-8-9-10-17-36(53)47-27-26-46-29-45(23-24-45)44(62)50-33(40(57)48-25-22-34(43(60)61)49-37(54)18-12-19-38(55)56)16-13-28-52-41(58)31-15-11-14-30-35(51(2)3)21-20-32(39(30)31)42(52)59/h11,13-16,20-21,33-34,46H,4-10,12,17-19,22-29H2,1-3H3,(H,47,53)(H,48,57)(H,49,54)(H,50,62)(H,55,56)(H,60,61)/b16-13+/t33?,34-/m1/s1. The number of amides is 6. The number of hydrogen-bond acceptors (Lipinski definition) is 10. The van der Waals surface area contributed by atoms with Gasteiger partial charge in [-0.1, -0.05) is 69.7 Å². The van der Waals surface area contributed by atoms with Crippen molar-refractivity contribution in [2.45, 2.75) is 109 Å². The largest absolute Gasteiger partial charge is 0.481 e. The molecule has 4 rings (SSSR count). The van der Waals surface area contributed by atoms with Crippen LogP contribution in [-0.4, -0.2) is 121 Å². The number of nitrogens with one attached hydrogen (secondary N) is 5. The summed E-state index contributed by atoms with van der Waals surface area (Å²) in [5.74, 6) is -5.22. The molecule has 0 radical (unpaired) electrons. The Bertz CT molecular complexity index is 1960. The molecule has 2 aromatic rings. The fourth-order valence-corrected chi connectivity index (χ4v) is 7.44. The van der Waals surface area contributed by atoms with E-state index in [4.69, 9.17) is 5.11 Å². The number of unbranched alkanes of at least 4 members (excludes halogenated alkanes) is 6. The molecule has 0 aromatic heterocycles. The third kappa shape index (κ3) is 14.1. The summed E-state index contributed by atoms with van der Waals surface area (Å²) in [6.07, 6.45) is 11.6. The lowest BCUT2D eigenvalue weighted by molar-refractivity contribution is -0.142. The van der Waals surface area contributed by atoms with Crippen LogP contribution in [0.5, 0.6) is 0 Å². The topological polar surface area (TPSA) is 244 Å². The molecule has 2 atom stereocenters. The molecule has 62 heavy (non-hydrogen) atoms. The lowest BCUT2D eigenvalue weighted by atomic mass is 9.93. The maximum Gasteiger partial charge on any atom is 0.326 e. The fourth-order valence-electron chi connectivity index (χ4n) is 7.44. The van der Waals surface area contributed by atoms with Gasteiger partial charge < -0.3 is 41.7 Å². The Morgan fingerprint density at radius 2 is 1.47 bits per heavy atom. The number of carbonyl (C=O) groups excluding carboxylic acids is 6. The van der Waals surface area contributed by atoms with Crippen molar-refractivity contribution in [2.24, 2.45) is 5.41 Å². The predicted molar refractivity (Wildman–Crippen MR) is 234 cm³/mol. The zero-order chi connectivity index (χ0) is 45.2. The molecule has 1 saturated carbocycles. The molecule has 1 aliphatic heterocycles. The highest BCUT2D eigenvalue weighted by Crippen LogP contribution is 2.45. The van der Waals surface area contributed by atoms with E-state index in [1.807, 2.05) is 31.1 Å². The first-order chi connectivity index (χ1) is 29.7. The summed E-state index contributed by atoms with van der Waals surface area (Å²) in [5.41, 5.74) is 0.755. The van der Waals surface area contributed by atoms with Gasteiger partial charge in [-0.05, 0) is 50.3 Å². The van der Waals surface area contributed by atoms with Crippen LogP contribution in [0.25, 0.3) is 10.8 Å². The zero-order valence-corrected chi connectivity index (χ0v) is 36.2. The molecule has 0 saturated heterocycles. The van der Waals surface area contributed by atoms with Gasteiger partial charge in [-0.25, -0.2) is 4.79 Å². The molecule has 7 N–H and O–H groups in total. The second kappa shape index (κ2) is 24.0. The Morgan fingerprint density at radius 3 is 2.13 bits per heavy atom. The number of carbonyl (C=O) groups is 8. The number of benzene rings is 2. The van der Waals surface area contributed by atoms with Gasteiger partial charge in [0.05, 0.1) is 5.41 Å². The zero-order valence-electron chi connectivity index (χ0n) is 36.2. The van der Waals surface area contributed by atoms with E-state index in [9.17, 15) is 43.5 Å².